The summed E-state index contributed by atoms with van der Waals surface area (Å²) in [6.45, 7) is -0.297. The van der Waals surface area contributed by atoms with Gasteiger partial charge in [-0.1, -0.05) is 66.7 Å². The summed E-state index contributed by atoms with van der Waals surface area (Å²) in [6, 6.07) is 23.0. The molecule has 0 aliphatic carbocycles. The van der Waals surface area contributed by atoms with Crippen LogP contribution < -0.4 is 5.32 Å². The summed E-state index contributed by atoms with van der Waals surface area (Å²) in [5, 5.41) is 4.76. The summed E-state index contributed by atoms with van der Waals surface area (Å²) in [5.41, 5.74) is 2.13. The standard InChI is InChI=1S/C21H19NO3S/c23-20(15-25-21(24)19-12-7-13-26-19)22-18(17-10-5-2-6-11-17)14-16-8-3-1-4-9-16/h1-13,18H,14-15H2,(H,22,23)/t18-/m1/s1. The third-order valence-electron chi connectivity index (χ3n) is 3.88. The summed E-state index contributed by atoms with van der Waals surface area (Å²) >= 11 is 1.29. The van der Waals surface area contributed by atoms with Crippen LogP contribution in [0.1, 0.15) is 26.8 Å². The van der Waals surface area contributed by atoms with Gasteiger partial charge in [-0.3, -0.25) is 4.79 Å². The van der Waals surface area contributed by atoms with Crippen molar-refractivity contribution in [3.8, 4) is 0 Å². The number of esters is 1. The van der Waals surface area contributed by atoms with E-state index in [-0.39, 0.29) is 18.6 Å². The quantitative estimate of drug-likeness (QED) is 0.644. The average molecular weight is 365 g/mol. The zero-order valence-electron chi connectivity index (χ0n) is 14.1. The second-order valence-electron chi connectivity index (χ2n) is 5.77. The molecule has 0 aliphatic heterocycles. The van der Waals surface area contributed by atoms with Gasteiger partial charge in [0, 0.05) is 0 Å². The number of ether oxygens (including phenoxy) is 1. The van der Waals surface area contributed by atoms with Crippen LogP contribution >= 0.6 is 11.3 Å². The normalized spacial score (nSPS) is 11.5. The number of thiophene rings is 1. The zero-order chi connectivity index (χ0) is 18.2. The number of hydrogen-bond acceptors (Lipinski definition) is 4. The fourth-order valence-electron chi connectivity index (χ4n) is 2.62. The number of nitrogens with one attached hydrogen (secondary N) is 1. The molecule has 0 aliphatic rings. The molecule has 0 fully saturated rings. The highest BCUT2D eigenvalue weighted by Crippen LogP contribution is 2.18. The lowest BCUT2D eigenvalue weighted by atomic mass is 9.99. The number of carbonyl (C=O) groups is 2. The van der Waals surface area contributed by atoms with Crippen LogP contribution in [0.5, 0.6) is 0 Å². The predicted octanol–water partition coefficient (Wildman–Crippen LogP) is 4.01. The molecule has 0 saturated carbocycles. The van der Waals surface area contributed by atoms with Crippen LogP contribution in [0.4, 0.5) is 0 Å². The van der Waals surface area contributed by atoms with Gasteiger partial charge in [0.05, 0.1) is 6.04 Å². The summed E-state index contributed by atoms with van der Waals surface area (Å²) in [5.74, 6) is -0.797. The van der Waals surface area contributed by atoms with Gasteiger partial charge >= 0.3 is 5.97 Å². The first-order chi connectivity index (χ1) is 12.7. The van der Waals surface area contributed by atoms with Crippen molar-refractivity contribution in [3.63, 3.8) is 0 Å². The molecule has 0 radical (unpaired) electrons. The summed E-state index contributed by atoms with van der Waals surface area (Å²) in [4.78, 5) is 24.7. The van der Waals surface area contributed by atoms with Crippen molar-refractivity contribution in [2.24, 2.45) is 0 Å². The molecule has 3 rings (SSSR count). The van der Waals surface area contributed by atoms with E-state index in [4.69, 9.17) is 4.74 Å². The Kier molecular flexibility index (Phi) is 6.17. The van der Waals surface area contributed by atoms with Gasteiger partial charge in [-0.15, -0.1) is 11.3 Å². The number of carbonyl (C=O) groups excluding carboxylic acids is 2. The van der Waals surface area contributed by atoms with E-state index in [2.05, 4.69) is 5.32 Å². The van der Waals surface area contributed by atoms with Crippen LogP contribution in [0, 0.1) is 0 Å². The predicted molar refractivity (Wildman–Crippen MR) is 102 cm³/mol. The zero-order valence-corrected chi connectivity index (χ0v) is 14.9. The fourth-order valence-corrected chi connectivity index (χ4v) is 3.24. The van der Waals surface area contributed by atoms with Crippen LogP contribution in [0.3, 0.4) is 0 Å². The molecule has 1 amide bonds. The highest BCUT2D eigenvalue weighted by molar-refractivity contribution is 7.11. The van der Waals surface area contributed by atoms with Crippen molar-refractivity contribution in [3.05, 3.63) is 94.2 Å². The number of hydrogen-bond donors (Lipinski definition) is 1. The Morgan fingerprint density at radius 2 is 1.62 bits per heavy atom. The maximum atomic E-state index is 12.3. The minimum absolute atomic E-state index is 0.188. The first-order valence-electron chi connectivity index (χ1n) is 8.31. The molecule has 26 heavy (non-hydrogen) atoms. The lowest BCUT2D eigenvalue weighted by Crippen LogP contribution is -2.33. The highest BCUT2D eigenvalue weighted by Gasteiger charge is 2.17. The van der Waals surface area contributed by atoms with E-state index < -0.39 is 5.97 Å². The van der Waals surface area contributed by atoms with E-state index in [9.17, 15) is 9.59 Å². The van der Waals surface area contributed by atoms with Crippen LogP contribution in [0.2, 0.25) is 0 Å². The molecule has 0 bridgehead atoms. The average Bonchev–Trinajstić information content (AvgIpc) is 3.22. The minimum atomic E-state index is -0.477. The third kappa shape index (κ3) is 5.04. The van der Waals surface area contributed by atoms with Gasteiger partial charge in [-0.2, -0.15) is 0 Å². The molecule has 4 nitrogen and oxygen atoms in total. The van der Waals surface area contributed by atoms with Gasteiger partial charge in [0.1, 0.15) is 4.88 Å². The van der Waals surface area contributed by atoms with Gasteiger partial charge in [0.25, 0.3) is 5.91 Å². The van der Waals surface area contributed by atoms with E-state index in [0.29, 0.717) is 11.3 Å². The van der Waals surface area contributed by atoms with Crippen LogP contribution in [-0.2, 0) is 16.0 Å². The maximum Gasteiger partial charge on any atom is 0.348 e. The van der Waals surface area contributed by atoms with Gasteiger partial charge in [0.2, 0.25) is 0 Å². The Hall–Kier alpha value is -2.92. The Bertz CT molecular complexity index is 832. The molecule has 1 N–H and O–H groups in total. The Morgan fingerprint density at radius 1 is 0.923 bits per heavy atom. The van der Waals surface area contributed by atoms with E-state index in [1.807, 2.05) is 60.7 Å². The molecule has 3 aromatic rings. The lowest BCUT2D eigenvalue weighted by Gasteiger charge is -2.19. The minimum Gasteiger partial charge on any atom is -0.451 e. The van der Waals surface area contributed by atoms with Crippen LogP contribution in [0.25, 0.3) is 0 Å². The molecule has 0 unspecified atom stereocenters. The van der Waals surface area contributed by atoms with Crippen LogP contribution in [-0.4, -0.2) is 18.5 Å². The van der Waals surface area contributed by atoms with E-state index in [1.54, 1.807) is 17.5 Å². The fraction of sp³-hybridized carbons (Fsp3) is 0.143. The summed E-state index contributed by atoms with van der Waals surface area (Å²) in [7, 11) is 0. The molecule has 132 valence electrons. The molecular weight excluding hydrogens is 346 g/mol. The molecule has 5 heteroatoms. The molecule has 1 atom stereocenters. The van der Waals surface area contributed by atoms with E-state index in [0.717, 1.165) is 11.1 Å². The monoisotopic (exact) mass is 365 g/mol. The van der Waals surface area contributed by atoms with E-state index >= 15 is 0 Å². The largest absolute Gasteiger partial charge is 0.451 e. The number of rotatable bonds is 7. The number of benzene rings is 2. The third-order valence-corrected chi connectivity index (χ3v) is 4.73. The van der Waals surface area contributed by atoms with Gasteiger partial charge in [-0.05, 0) is 29.0 Å². The van der Waals surface area contributed by atoms with Gasteiger partial charge < -0.3 is 10.1 Å². The van der Waals surface area contributed by atoms with E-state index in [1.165, 1.54) is 11.3 Å². The second-order valence-corrected chi connectivity index (χ2v) is 6.72. The smallest absolute Gasteiger partial charge is 0.348 e. The molecule has 0 spiro atoms. The Labute approximate surface area is 156 Å². The summed E-state index contributed by atoms with van der Waals surface area (Å²) < 4.78 is 5.09. The topological polar surface area (TPSA) is 55.4 Å². The molecule has 1 aromatic heterocycles. The van der Waals surface area contributed by atoms with Gasteiger partial charge in [-0.25, -0.2) is 4.79 Å². The molecule has 1 heterocycles. The molecular formula is C21H19NO3S. The summed E-state index contributed by atoms with van der Waals surface area (Å²) in [6.07, 6.45) is 0.662. The van der Waals surface area contributed by atoms with Crippen molar-refractivity contribution in [2.75, 3.05) is 6.61 Å². The Morgan fingerprint density at radius 3 is 2.27 bits per heavy atom. The van der Waals surface area contributed by atoms with Crippen molar-refractivity contribution in [1.82, 2.24) is 5.32 Å². The van der Waals surface area contributed by atoms with Crippen molar-refractivity contribution >= 4 is 23.2 Å². The molecule has 2 aromatic carbocycles. The SMILES string of the molecule is O=C(COC(=O)c1cccs1)N[C@H](Cc1ccccc1)c1ccccc1. The first kappa shape index (κ1) is 17.9. The first-order valence-corrected chi connectivity index (χ1v) is 9.19. The maximum absolute atomic E-state index is 12.3. The second kappa shape index (κ2) is 8.97. The van der Waals surface area contributed by atoms with Crippen LogP contribution in [0.15, 0.2) is 78.2 Å². The number of amides is 1. The van der Waals surface area contributed by atoms with Gasteiger partial charge in [0.15, 0.2) is 6.61 Å². The van der Waals surface area contributed by atoms with Crippen molar-refractivity contribution in [1.29, 1.82) is 0 Å². The highest BCUT2D eigenvalue weighted by atomic mass is 32.1. The Balaban J connectivity index is 1.63. The van der Waals surface area contributed by atoms with Crippen molar-refractivity contribution in [2.45, 2.75) is 12.5 Å². The van der Waals surface area contributed by atoms with Crippen molar-refractivity contribution < 1.29 is 14.3 Å². The lowest BCUT2D eigenvalue weighted by molar-refractivity contribution is -0.125. The molecule has 0 saturated heterocycles.